The van der Waals surface area contributed by atoms with Crippen molar-refractivity contribution < 1.29 is 14.3 Å². The van der Waals surface area contributed by atoms with Gasteiger partial charge in [0.25, 0.3) is 0 Å². The minimum Gasteiger partial charge on any atom is -0.457 e. The van der Waals surface area contributed by atoms with Crippen molar-refractivity contribution in [3.05, 3.63) is 84.4 Å². The van der Waals surface area contributed by atoms with Crippen molar-refractivity contribution in [1.82, 2.24) is 0 Å². The van der Waals surface area contributed by atoms with Gasteiger partial charge >= 0.3 is 0 Å². The molecule has 0 unspecified atom stereocenters. The van der Waals surface area contributed by atoms with Crippen LogP contribution in [0.25, 0.3) is 0 Å². The monoisotopic (exact) mass is 386 g/mol. The average Bonchev–Trinajstić information content (AvgIpc) is 3.14. The van der Waals surface area contributed by atoms with E-state index in [0.717, 1.165) is 17.0 Å². The normalized spacial score (nSPS) is 16.0. The third kappa shape index (κ3) is 4.29. The first-order chi connectivity index (χ1) is 14.1. The number of rotatable bonds is 5. The zero-order valence-electron chi connectivity index (χ0n) is 16.2. The molecule has 0 saturated carbocycles. The highest BCUT2D eigenvalue weighted by Crippen LogP contribution is 2.28. The molecule has 2 amide bonds. The van der Waals surface area contributed by atoms with Crippen LogP contribution in [0, 0.1) is 12.8 Å². The topological polar surface area (TPSA) is 58.6 Å². The number of anilines is 2. The van der Waals surface area contributed by atoms with Gasteiger partial charge in [-0.1, -0.05) is 36.4 Å². The van der Waals surface area contributed by atoms with Gasteiger partial charge in [0.15, 0.2) is 0 Å². The molecule has 0 radical (unpaired) electrons. The molecule has 5 nitrogen and oxygen atoms in total. The van der Waals surface area contributed by atoms with Crippen molar-refractivity contribution in [2.24, 2.45) is 5.92 Å². The number of carbonyl (C=O) groups is 2. The standard InChI is InChI=1S/C24H22N2O3/c1-17-7-5-6-10-22(17)29-21-13-11-19(12-14-21)25-24(28)18-15-23(27)26(16-18)20-8-3-2-4-9-20/h2-14,18H,15-16H2,1H3,(H,25,28)/t18-/m0/s1. The van der Waals surface area contributed by atoms with Gasteiger partial charge in [0.05, 0.1) is 5.92 Å². The summed E-state index contributed by atoms with van der Waals surface area (Å²) in [5.41, 5.74) is 2.56. The summed E-state index contributed by atoms with van der Waals surface area (Å²) in [4.78, 5) is 26.6. The predicted molar refractivity (Wildman–Crippen MR) is 113 cm³/mol. The second-order valence-electron chi connectivity index (χ2n) is 7.12. The Labute approximate surface area is 169 Å². The molecule has 1 atom stereocenters. The second kappa shape index (κ2) is 8.19. The Morgan fingerprint density at radius 1 is 0.966 bits per heavy atom. The first-order valence-electron chi connectivity index (χ1n) is 9.60. The number of ether oxygens (including phenoxy) is 1. The molecule has 1 fully saturated rings. The fraction of sp³-hybridized carbons (Fsp3) is 0.167. The number of para-hydroxylation sites is 2. The molecule has 1 saturated heterocycles. The summed E-state index contributed by atoms with van der Waals surface area (Å²) in [6.07, 6.45) is 0.217. The molecule has 0 aromatic heterocycles. The number of benzene rings is 3. The van der Waals surface area contributed by atoms with E-state index in [-0.39, 0.29) is 24.2 Å². The Hall–Kier alpha value is -3.60. The first-order valence-corrected chi connectivity index (χ1v) is 9.60. The maximum Gasteiger partial charge on any atom is 0.229 e. The number of hydrogen-bond acceptors (Lipinski definition) is 3. The zero-order chi connectivity index (χ0) is 20.2. The van der Waals surface area contributed by atoms with Crippen LogP contribution < -0.4 is 15.0 Å². The van der Waals surface area contributed by atoms with Crippen LogP contribution in [0.3, 0.4) is 0 Å². The van der Waals surface area contributed by atoms with E-state index in [4.69, 9.17) is 4.74 Å². The predicted octanol–water partition coefficient (Wildman–Crippen LogP) is 4.78. The summed E-state index contributed by atoms with van der Waals surface area (Å²) in [6, 6.07) is 24.5. The fourth-order valence-corrected chi connectivity index (χ4v) is 3.39. The lowest BCUT2D eigenvalue weighted by Gasteiger charge is -2.16. The van der Waals surface area contributed by atoms with E-state index < -0.39 is 0 Å². The molecule has 1 heterocycles. The van der Waals surface area contributed by atoms with Crippen LogP contribution in [0.2, 0.25) is 0 Å². The van der Waals surface area contributed by atoms with Crippen LogP contribution in [-0.4, -0.2) is 18.4 Å². The number of amides is 2. The molecule has 0 spiro atoms. The highest BCUT2D eigenvalue weighted by molar-refractivity contribution is 6.03. The highest BCUT2D eigenvalue weighted by atomic mass is 16.5. The summed E-state index contributed by atoms with van der Waals surface area (Å²) in [7, 11) is 0. The molecule has 146 valence electrons. The maximum absolute atomic E-state index is 12.6. The van der Waals surface area contributed by atoms with Crippen LogP contribution in [0.1, 0.15) is 12.0 Å². The second-order valence-corrected chi connectivity index (χ2v) is 7.12. The van der Waals surface area contributed by atoms with Gasteiger partial charge in [-0.15, -0.1) is 0 Å². The lowest BCUT2D eigenvalue weighted by molar-refractivity contribution is -0.122. The number of carbonyl (C=O) groups excluding carboxylic acids is 2. The van der Waals surface area contributed by atoms with Gasteiger partial charge in [0.1, 0.15) is 11.5 Å². The largest absolute Gasteiger partial charge is 0.457 e. The minimum absolute atomic E-state index is 0.0293. The zero-order valence-corrected chi connectivity index (χ0v) is 16.2. The SMILES string of the molecule is Cc1ccccc1Oc1ccc(NC(=O)[C@H]2CC(=O)N(c3ccccc3)C2)cc1. The summed E-state index contributed by atoms with van der Waals surface area (Å²) >= 11 is 0. The average molecular weight is 386 g/mol. The van der Waals surface area contributed by atoms with E-state index in [1.807, 2.05) is 73.7 Å². The third-order valence-electron chi connectivity index (χ3n) is 5.01. The lowest BCUT2D eigenvalue weighted by Crippen LogP contribution is -2.28. The number of nitrogens with zero attached hydrogens (tertiary/aromatic N) is 1. The summed E-state index contributed by atoms with van der Waals surface area (Å²) in [6.45, 7) is 2.38. The Morgan fingerprint density at radius 2 is 1.66 bits per heavy atom. The number of hydrogen-bond donors (Lipinski definition) is 1. The van der Waals surface area contributed by atoms with E-state index in [9.17, 15) is 9.59 Å². The van der Waals surface area contributed by atoms with E-state index in [1.165, 1.54) is 0 Å². The van der Waals surface area contributed by atoms with Gasteiger partial charge in [-0.05, 0) is 55.0 Å². The molecule has 0 aliphatic carbocycles. The Balaban J connectivity index is 1.37. The Morgan fingerprint density at radius 3 is 2.38 bits per heavy atom. The molecule has 0 bridgehead atoms. The molecule has 1 N–H and O–H groups in total. The molecule has 1 aliphatic heterocycles. The van der Waals surface area contributed by atoms with Gasteiger partial charge in [0, 0.05) is 24.3 Å². The number of nitrogens with one attached hydrogen (secondary N) is 1. The molecular weight excluding hydrogens is 364 g/mol. The maximum atomic E-state index is 12.6. The van der Waals surface area contributed by atoms with Crippen molar-refractivity contribution in [2.45, 2.75) is 13.3 Å². The van der Waals surface area contributed by atoms with Crippen molar-refractivity contribution in [2.75, 3.05) is 16.8 Å². The fourth-order valence-electron chi connectivity index (χ4n) is 3.39. The molecule has 4 rings (SSSR count). The summed E-state index contributed by atoms with van der Waals surface area (Å²) in [5.74, 6) is 0.951. The summed E-state index contributed by atoms with van der Waals surface area (Å²) < 4.78 is 5.88. The molecule has 29 heavy (non-hydrogen) atoms. The van der Waals surface area contributed by atoms with Gasteiger partial charge in [0.2, 0.25) is 11.8 Å². The molecule has 3 aromatic carbocycles. The smallest absolute Gasteiger partial charge is 0.229 e. The van der Waals surface area contributed by atoms with E-state index >= 15 is 0 Å². The van der Waals surface area contributed by atoms with Gasteiger partial charge in [-0.2, -0.15) is 0 Å². The van der Waals surface area contributed by atoms with Crippen molar-refractivity contribution in [3.8, 4) is 11.5 Å². The Bertz CT molecular complexity index is 1020. The van der Waals surface area contributed by atoms with E-state index in [0.29, 0.717) is 18.0 Å². The molecular formula is C24H22N2O3. The van der Waals surface area contributed by atoms with Crippen LogP contribution in [0.4, 0.5) is 11.4 Å². The minimum atomic E-state index is -0.370. The van der Waals surface area contributed by atoms with Crippen LogP contribution in [0.15, 0.2) is 78.9 Å². The number of aryl methyl sites for hydroxylation is 1. The van der Waals surface area contributed by atoms with Crippen LogP contribution >= 0.6 is 0 Å². The van der Waals surface area contributed by atoms with Crippen molar-refractivity contribution in [1.29, 1.82) is 0 Å². The summed E-state index contributed by atoms with van der Waals surface area (Å²) in [5, 5.41) is 2.91. The quantitative estimate of drug-likeness (QED) is 0.687. The molecule has 1 aliphatic rings. The van der Waals surface area contributed by atoms with E-state index in [1.54, 1.807) is 17.0 Å². The van der Waals surface area contributed by atoms with Crippen LogP contribution in [-0.2, 0) is 9.59 Å². The third-order valence-corrected chi connectivity index (χ3v) is 5.01. The van der Waals surface area contributed by atoms with Crippen molar-refractivity contribution in [3.63, 3.8) is 0 Å². The van der Waals surface area contributed by atoms with Gasteiger partial charge in [-0.3, -0.25) is 9.59 Å². The first kappa shape index (κ1) is 18.7. The lowest BCUT2D eigenvalue weighted by atomic mass is 10.1. The van der Waals surface area contributed by atoms with Crippen LogP contribution in [0.5, 0.6) is 11.5 Å². The van der Waals surface area contributed by atoms with Gasteiger partial charge in [-0.25, -0.2) is 0 Å². The van der Waals surface area contributed by atoms with E-state index in [2.05, 4.69) is 5.32 Å². The highest BCUT2D eigenvalue weighted by Gasteiger charge is 2.35. The van der Waals surface area contributed by atoms with Gasteiger partial charge < -0.3 is 15.0 Å². The molecule has 5 heteroatoms. The Kier molecular flexibility index (Phi) is 5.29. The van der Waals surface area contributed by atoms with Crippen molar-refractivity contribution >= 4 is 23.2 Å². The molecule has 3 aromatic rings.